The maximum absolute atomic E-state index is 9.27. The number of hydrogen-bond acceptors (Lipinski definition) is 3. The standard InChI is InChI=1S/C13H26N2O/c1-13(14,10-16)9-15-8-4-6-11-5-2-3-7-12(11)15/h11-12,16H,2-10,14H2,1H3/t11-,12-,13?/m1/s1. The van der Waals surface area contributed by atoms with Crippen LogP contribution in [-0.4, -0.2) is 41.3 Å². The van der Waals surface area contributed by atoms with Crippen LogP contribution in [0.4, 0.5) is 0 Å². The Morgan fingerprint density at radius 3 is 2.69 bits per heavy atom. The number of rotatable bonds is 3. The van der Waals surface area contributed by atoms with Crippen LogP contribution in [0.25, 0.3) is 0 Å². The summed E-state index contributed by atoms with van der Waals surface area (Å²) in [7, 11) is 0. The summed E-state index contributed by atoms with van der Waals surface area (Å²) in [5.74, 6) is 0.900. The Morgan fingerprint density at radius 2 is 1.94 bits per heavy atom. The number of piperidine rings is 1. The SMILES string of the molecule is CC(N)(CO)CN1CCC[C@H]2CCCC[C@H]21. The van der Waals surface area contributed by atoms with Crippen molar-refractivity contribution in [1.29, 1.82) is 0 Å². The van der Waals surface area contributed by atoms with Gasteiger partial charge in [0.15, 0.2) is 0 Å². The Kier molecular flexibility index (Phi) is 3.88. The van der Waals surface area contributed by atoms with Gasteiger partial charge in [0.05, 0.1) is 6.61 Å². The van der Waals surface area contributed by atoms with E-state index in [0.717, 1.165) is 18.5 Å². The number of hydrogen-bond donors (Lipinski definition) is 2. The fourth-order valence-corrected chi connectivity index (χ4v) is 3.44. The molecule has 16 heavy (non-hydrogen) atoms. The molecule has 2 rings (SSSR count). The van der Waals surface area contributed by atoms with Crippen molar-refractivity contribution in [1.82, 2.24) is 4.90 Å². The lowest BCUT2D eigenvalue weighted by Gasteiger charge is -2.46. The molecule has 1 aliphatic heterocycles. The molecule has 1 saturated heterocycles. The van der Waals surface area contributed by atoms with Gasteiger partial charge in [0.2, 0.25) is 0 Å². The highest BCUT2D eigenvalue weighted by Crippen LogP contribution is 2.35. The second-order valence-electron chi connectivity index (χ2n) is 6.04. The Labute approximate surface area is 99.0 Å². The molecule has 94 valence electrons. The molecule has 3 N–H and O–H groups in total. The molecule has 1 saturated carbocycles. The van der Waals surface area contributed by atoms with Gasteiger partial charge in [0, 0.05) is 18.1 Å². The fraction of sp³-hybridized carbons (Fsp3) is 1.00. The summed E-state index contributed by atoms with van der Waals surface area (Å²) in [6, 6.07) is 0.747. The third kappa shape index (κ3) is 2.76. The van der Waals surface area contributed by atoms with Crippen molar-refractivity contribution in [2.75, 3.05) is 19.7 Å². The highest BCUT2D eigenvalue weighted by atomic mass is 16.3. The third-order valence-corrected chi connectivity index (χ3v) is 4.28. The topological polar surface area (TPSA) is 49.5 Å². The molecule has 2 fully saturated rings. The highest BCUT2D eigenvalue weighted by molar-refractivity contribution is 4.91. The van der Waals surface area contributed by atoms with Crippen LogP contribution in [0.5, 0.6) is 0 Å². The van der Waals surface area contributed by atoms with Crippen LogP contribution >= 0.6 is 0 Å². The van der Waals surface area contributed by atoms with Crippen molar-refractivity contribution in [2.45, 2.75) is 57.0 Å². The van der Waals surface area contributed by atoms with Crippen LogP contribution in [0, 0.1) is 5.92 Å². The minimum absolute atomic E-state index is 0.0842. The fourth-order valence-electron chi connectivity index (χ4n) is 3.44. The van der Waals surface area contributed by atoms with Gasteiger partial charge in [0.25, 0.3) is 0 Å². The largest absolute Gasteiger partial charge is 0.394 e. The van der Waals surface area contributed by atoms with Gasteiger partial charge < -0.3 is 10.8 Å². The van der Waals surface area contributed by atoms with Crippen molar-refractivity contribution < 1.29 is 5.11 Å². The summed E-state index contributed by atoms with van der Waals surface area (Å²) < 4.78 is 0. The Morgan fingerprint density at radius 1 is 1.25 bits per heavy atom. The quantitative estimate of drug-likeness (QED) is 0.764. The van der Waals surface area contributed by atoms with E-state index in [4.69, 9.17) is 5.73 Å². The summed E-state index contributed by atoms with van der Waals surface area (Å²) in [6.07, 6.45) is 8.24. The summed E-state index contributed by atoms with van der Waals surface area (Å²) >= 11 is 0. The lowest BCUT2D eigenvalue weighted by atomic mass is 9.78. The molecule has 1 aliphatic carbocycles. The van der Waals surface area contributed by atoms with Crippen LogP contribution in [-0.2, 0) is 0 Å². The van der Waals surface area contributed by atoms with E-state index in [-0.39, 0.29) is 6.61 Å². The molecule has 3 atom stereocenters. The van der Waals surface area contributed by atoms with Crippen LogP contribution in [0.15, 0.2) is 0 Å². The highest BCUT2D eigenvalue weighted by Gasteiger charge is 2.35. The predicted octanol–water partition coefficient (Wildman–Crippen LogP) is 1.35. The summed E-state index contributed by atoms with van der Waals surface area (Å²) in [4.78, 5) is 2.55. The molecule has 0 amide bonds. The van der Waals surface area contributed by atoms with Crippen molar-refractivity contribution in [3.05, 3.63) is 0 Å². The molecule has 0 radical (unpaired) electrons. The summed E-state index contributed by atoms with van der Waals surface area (Å²) in [6.45, 7) is 4.07. The van der Waals surface area contributed by atoms with E-state index >= 15 is 0 Å². The van der Waals surface area contributed by atoms with Crippen molar-refractivity contribution >= 4 is 0 Å². The molecular weight excluding hydrogens is 200 g/mol. The molecule has 0 aromatic rings. The lowest BCUT2D eigenvalue weighted by Crippen LogP contribution is -2.56. The molecule has 1 unspecified atom stereocenters. The Bertz CT molecular complexity index is 228. The van der Waals surface area contributed by atoms with Gasteiger partial charge in [-0.15, -0.1) is 0 Å². The Hall–Kier alpha value is -0.120. The lowest BCUT2D eigenvalue weighted by molar-refractivity contribution is 0.0343. The molecular formula is C13H26N2O. The number of nitrogens with zero attached hydrogens (tertiary/aromatic N) is 1. The number of likely N-dealkylation sites (tertiary alicyclic amines) is 1. The first kappa shape index (κ1) is 12.3. The predicted molar refractivity (Wildman–Crippen MR) is 66.2 cm³/mol. The van der Waals surface area contributed by atoms with E-state index in [1.807, 2.05) is 6.92 Å². The maximum atomic E-state index is 9.27. The number of aliphatic hydroxyl groups is 1. The van der Waals surface area contributed by atoms with Gasteiger partial charge >= 0.3 is 0 Å². The van der Waals surface area contributed by atoms with Gasteiger partial charge in [-0.3, -0.25) is 4.90 Å². The third-order valence-electron chi connectivity index (χ3n) is 4.28. The number of aliphatic hydroxyl groups excluding tert-OH is 1. The molecule has 0 bridgehead atoms. The Balaban J connectivity index is 1.97. The molecule has 0 spiro atoms. The first-order valence-electron chi connectivity index (χ1n) is 6.76. The minimum atomic E-state index is -0.431. The van der Waals surface area contributed by atoms with Gasteiger partial charge in [-0.2, -0.15) is 0 Å². The van der Waals surface area contributed by atoms with Crippen molar-refractivity contribution in [3.8, 4) is 0 Å². The normalized spacial score (nSPS) is 35.4. The van der Waals surface area contributed by atoms with E-state index in [9.17, 15) is 5.11 Å². The molecule has 0 aromatic heterocycles. The average molecular weight is 226 g/mol. The summed E-state index contributed by atoms with van der Waals surface area (Å²) in [5.41, 5.74) is 5.65. The number of fused-ring (bicyclic) bond motifs is 1. The van der Waals surface area contributed by atoms with Crippen LogP contribution in [0.1, 0.15) is 45.4 Å². The second-order valence-corrected chi connectivity index (χ2v) is 6.04. The van der Waals surface area contributed by atoms with Gasteiger partial charge in [-0.25, -0.2) is 0 Å². The molecule has 0 aromatic carbocycles. The van der Waals surface area contributed by atoms with Crippen LogP contribution in [0.2, 0.25) is 0 Å². The van der Waals surface area contributed by atoms with Crippen molar-refractivity contribution in [2.24, 2.45) is 11.7 Å². The molecule has 3 nitrogen and oxygen atoms in total. The molecule has 3 heteroatoms. The zero-order chi connectivity index (χ0) is 11.6. The van der Waals surface area contributed by atoms with Gasteiger partial charge in [-0.1, -0.05) is 12.8 Å². The first-order chi connectivity index (χ1) is 7.62. The zero-order valence-electron chi connectivity index (χ0n) is 10.5. The average Bonchev–Trinajstić information content (AvgIpc) is 2.29. The van der Waals surface area contributed by atoms with E-state index in [1.54, 1.807) is 0 Å². The van der Waals surface area contributed by atoms with Crippen LogP contribution in [0.3, 0.4) is 0 Å². The first-order valence-corrected chi connectivity index (χ1v) is 6.76. The molecule has 1 heterocycles. The zero-order valence-corrected chi connectivity index (χ0v) is 10.5. The van der Waals surface area contributed by atoms with E-state index in [0.29, 0.717) is 0 Å². The van der Waals surface area contributed by atoms with E-state index < -0.39 is 5.54 Å². The van der Waals surface area contributed by atoms with Crippen molar-refractivity contribution in [3.63, 3.8) is 0 Å². The smallest absolute Gasteiger partial charge is 0.0621 e. The maximum Gasteiger partial charge on any atom is 0.0621 e. The monoisotopic (exact) mass is 226 g/mol. The minimum Gasteiger partial charge on any atom is -0.394 e. The second kappa shape index (κ2) is 5.03. The van der Waals surface area contributed by atoms with E-state index in [2.05, 4.69) is 4.90 Å². The van der Waals surface area contributed by atoms with Gasteiger partial charge in [-0.05, 0) is 45.1 Å². The van der Waals surface area contributed by atoms with Gasteiger partial charge in [0.1, 0.15) is 0 Å². The van der Waals surface area contributed by atoms with Crippen LogP contribution < -0.4 is 5.73 Å². The summed E-state index contributed by atoms with van der Waals surface area (Å²) in [5, 5.41) is 9.27. The molecule has 2 aliphatic rings. The van der Waals surface area contributed by atoms with E-state index in [1.165, 1.54) is 45.1 Å². The number of nitrogens with two attached hydrogens (primary N) is 1.